The average Bonchev–Trinajstić information content (AvgIpc) is 2.65. The van der Waals surface area contributed by atoms with Gasteiger partial charge >= 0.3 is 0 Å². The topological polar surface area (TPSA) is 34.1 Å². The highest BCUT2D eigenvalue weighted by atomic mass is 16.1. The maximum Gasteiger partial charge on any atom is 0.181 e. The second-order valence-electron chi connectivity index (χ2n) is 3.92. The van der Waals surface area contributed by atoms with Crippen LogP contribution in [-0.4, -0.2) is 0 Å². The quantitative estimate of drug-likeness (QED) is 0.709. The van der Waals surface area contributed by atoms with Gasteiger partial charge in [0.25, 0.3) is 0 Å². The Morgan fingerprint density at radius 1 is 0.556 bits per heavy atom. The minimum absolute atomic E-state index is 0.0972. The summed E-state index contributed by atoms with van der Waals surface area (Å²) >= 11 is 0. The molecule has 2 aromatic rings. The summed E-state index contributed by atoms with van der Waals surface area (Å²) in [6.07, 6.45) is 0. The van der Waals surface area contributed by atoms with Crippen LogP contribution in [0.4, 0.5) is 0 Å². The van der Waals surface area contributed by atoms with Crippen molar-refractivity contribution in [2.45, 2.75) is 13.8 Å². The first-order chi connectivity index (χ1) is 8.61. The van der Waals surface area contributed by atoms with E-state index in [-0.39, 0.29) is 10.9 Å². The summed E-state index contributed by atoms with van der Waals surface area (Å²) in [7, 11) is 0. The lowest BCUT2D eigenvalue weighted by Gasteiger charge is -1.74. The van der Waals surface area contributed by atoms with E-state index in [1.54, 1.807) is 24.3 Å². The zero-order chi connectivity index (χ0) is 13.4. The lowest BCUT2D eigenvalue weighted by atomic mass is 10.3. The Morgan fingerprint density at radius 2 is 0.889 bits per heavy atom. The summed E-state index contributed by atoms with van der Waals surface area (Å²) in [6.45, 7) is 3.62. The molecule has 0 bridgehead atoms. The molecule has 0 fully saturated rings. The van der Waals surface area contributed by atoms with Gasteiger partial charge in [-0.15, -0.1) is 0 Å². The molecule has 0 aliphatic heterocycles. The highest BCUT2D eigenvalue weighted by Crippen LogP contribution is 1.84. The molecular formula is C16H16O2. The van der Waals surface area contributed by atoms with Crippen LogP contribution in [0.15, 0.2) is 70.3 Å². The minimum Gasteiger partial charge on any atom is -0.290 e. The first kappa shape index (κ1) is 13.8. The molecule has 2 nitrogen and oxygen atoms in total. The molecule has 0 atom stereocenters. The Balaban J connectivity index is 0.000000180. The molecule has 2 aromatic carbocycles. The zero-order valence-corrected chi connectivity index (χ0v) is 10.6. The molecule has 0 N–H and O–H groups in total. The lowest BCUT2D eigenvalue weighted by molar-refractivity contribution is 1.43. The van der Waals surface area contributed by atoms with Crippen molar-refractivity contribution >= 4 is 0 Å². The van der Waals surface area contributed by atoms with Crippen LogP contribution in [-0.2, 0) is 0 Å². The summed E-state index contributed by atoms with van der Waals surface area (Å²) in [4.78, 5) is 21.6. The fraction of sp³-hybridized carbons (Fsp3) is 0.125. The molecule has 2 heteroatoms. The molecule has 0 saturated heterocycles. The van der Waals surface area contributed by atoms with Crippen LogP contribution in [0.3, 0.4) is 0 Å². The molecule has 0 aromatic heterocycles. The highest BCUT2D eigenvalue weighted by molar-refractivity contribution is 5.12. The van der Waals surface area contributed by atoms with Crippen LogP contribution < -0.4 is 10.9 Å². The predicted molar refractivity (Wildman–Crippen MR) is 74.9 cm³/mol. The minimum atomic E-state index is 0.0972. The van der Waals surface area contributed by atoms with E-state index in [1.165, 1.54) is 0 Å². The summed E-state index contributed by atoms with van der Waals surface area (Å²) in [6, 6.07) is 17.6. The molecular weight excluding hydrogens is 224 g/mol. The van der Waals surface area contributed by atoms with Crippen LogP contribution in [0.5, 0.6) is 0 Å². The van der Waals surface area contributed by atoms with Crippen LogP contribution in [0.25, 0.3) is 0 Å². The summed E-state index contributed by atoms with van der Waals surface area (Å²) in [5.41, 5.74) is 1.78. The maximum atomic E-state index is 10.8. The monoisotopic (exact) mass is 240 g/mol. The molecule has 2 rings (SSSR count). The molecule has 0 unspecified atom stereocenters. The van der Waals surface area contributed by atoms with E-state index < -0.39 is 0 Å². The Labute approximate surface area is 107 Å². The third-order valence-corrected chi connectivity index (χ3v) is 2.41. The molecule has 0 radical (unpaired) electrons. The van der Waals surface area contributed by atoms with E-state index in [0.29, 0.717) is 0 Å². The van der Waals surface area contributed by atoms with Crippen LogP contribution in [0, 0.1) is 13.8 Å². The van der Waals surface area contributed by atoms with Gasteiger partial charge in [0.1, 0.15) is 0 Å². The van der Waals surface area contributed by atoms with E-state index in [4.69, 9.17) is 0 Å². The molecule has 0 saturated carbocycles. The lowest BCUT2D eigenvalue weighted by Crippen LogP contribution is -1.96. The van der Waals surface area contributed by atoms with E-state index in [9.17, 15) is 9.59 Å². The van der Waals surface area contributed by atoms with Crippen LogP contribution in [0.1, 0.15) is 11.1 Å². The SMILES string of the molecule is Cc1cccccc1=O.Cc1cccccc1=O. The van der Waals surface area contributed by atoms with Crippen molar-refractivity contribution in [2.75, 3.05) is 0 Å². The Hall–Kier alpha value is -2.22. The average molecular weight is 240 g/mol. The second kappa shape index (κ2) is 7.17. The Kier molecular flexibility index (Phi) is 5.52. The van der Waals surface area contributed by atoms with E-state index in [2.05, 4.69) is 0 Å². The third-order valence-electron chi connectivity index (χ3n) is 2.41. The third kappa shape index (κ3) is 4.74. The molecule has 0 aliphatic carbocycles. The smallest absolute Gasteiger partial charge is 0.181 e. The van der Waals surface area contributed by atoms with Gasteiger partial charge in [-0.05, 0) is 37.1 Å². The van der Waals surface area contributed by atoms with E-state index in [0.717, 1.165) is 11.1 Å². The second-order valence-corrected chi connectivity index (χ2v) is 3.92. The van der Waals surface area contributed by atoms with Crippen LogP contribution >= 0.6 is 0 Å². The van der Waals surface area contributed by atoms with Crippen molar-refractivity contribution in [3.63, 3.8) is 0 Å². The number of rotatable bonds is 0. The standard InChI is InChI=1S/2C8H8O/c2*1-7-5-3-2-4-6-8(7)9/h2*2-6H,1H3. The fourth-order valence-corrected chi connectivity index (χ4v) is 1.24. The van der Waals surface area contributed by atoms with Gasteiger partial charge in [0.05, 0.1) is 0 Å². The van der Waals surface area contributed by atoms with Crippen molar-refractivity contribution in [3.05, 3.63) is 92.2 Å². The molecule has 0 spiro atoms. The van der Waals surface area contributed by atoms with Crippen molar-refractivity contribution in [1.82, 2.24) is 0 Å². The summed E-state index contributed by atoms with van der Waals surface area (Å²) in [5, 5.41) is 0. The van der Waals surface area contributed by atoms with Crippen LogP contribution in [0.2, 0.25) is 0 Å². The Bertz CT molecular complexity index is 562. The zero-order valence-electron chi connectivity index (χ0n) is 10.6. The van der Waals surface area contributed by atoms with Gasteiger partial charge in [-0.2, -0.15) is 0 Å². The molecule has 0 aliphatic rings. The summed E-state index contributed by atoms with van der Waals surface area (Å²) in [5.74, 6) is 0. The van der Waals surface area contributed by atoms with Gasteiger partial charge in [-0.25, -0.2) is 0 Å². The Morgan fingerprint density at radius 3 is 1.28 bits per heavy atom. The largest absolute Gasteiger partial charge is 0.290 e. The molecule has 18 heavy (non-hydrogen) atoms. The van der Waals surface area contributed by atoms with Crippen molar-refractivity contribution < 1.29 is 0 Å². The molecule has 92 valence electrons. The maximum absolute atomic E-state index is 10.8. The first-order valence-corrected chi connectivity index (χ1v) is 5.73. The van der Waals surface area contributed by atoms with Crippen molar-refractivity contribution in [3.8, 4) is 0 Å². The van der Waals surface area contributed by atoms with Gasteiger partial charge in [0.2, 0.25) is 0 Å². The van der Waals surface area contributed by atoms with Gasteiger partial charge in [0, 0.05) is 0 Å². The van der Waals surface area contributed by atoms with Gasteiger partial charge in [-0.1, -0.05) is 48.5 Å². The van der Waals surface area contributed by atoms with Gasteiger partial charge in [-0.3, -0.25) is 9.59 Å². The molecule has 0 heterocycles. The molecule has 0 amide bonds. The van der Waals surface area contributed by atoms with E-state index in [1.807, 2.05) is 50.2 Å². The summed E-state index contributed by atoms with van der Waals surface area (Å²) < 4.78 is 0. The first-order valence-electron chi connectivity index (χ1n) is 5.73. The number of aryl methyl sites for hydroxylation is 2. The normalized spacial score (nSPS) is 9.00. The van der Waals surface area contributed by atoms with Crippen molar-refractivity contribution in [1.29, 1.82) is 0 Å². The fourth-order valence-electron chi connectivity index (χ4n) is 1.24. The van der Waals surface area contributed by atoms with Gasteiger partial charge in [0.15, 0.2) is 10.9 Å². The van der Waals surface area contributed by atoms with Gasteiger partial charge < -0.3 is 0 Å². The predicted octanol–water partition coefficient (Wildman–Crippen LogP) is 2.71. The van der Waals surface area contributed by atoms with Crippen molar-refractivity contribution in [2.24, 2.45) is 0 Å². The number of hydrogen-bond donors (Lipinski definition) is 0. The number of hydrogen-bond acceptors (Lipinski definition) is 2. The highest BCUT2D eigenvalue weighted by Gasteiger charge is 1.83. The van der Waals surface area contributed by atoms with E-state index >= 15 is 0 Å².